The Bertz CT molecular complexity index is 1040. The van der Waals surface area contributed by atoms with Crippen LogP contribution in [0.4, 0.5) is 0 Å². The third-order valence-electron chi connectivity index (χ3n) is 4.32. The topological polar surface area (TPSA) is 57.4 Å². The van der Waals surface area contributed by atoms with E-state index in [0.29, 0.717) is 0 Å². The third kappa shape index (κ3) is 3.28. The van der Waals surface area contributed by atoms with Crippen LogP contribution in [0.2, 0.25) is 0 Å². The van der Waals surface area contributed by atoms with E-state index in [9.17, 15) is 0 Å². The van der Waals surface area contributed by atoms with E-state index in [1.54, 1.807) is 0 Å². The first-order valence-corrected chi connectivity index (χ1v) is 8.14. The fraction of sp³-hybridized carbons (Fsp3) is 0.100. The Morgan fingerprint density at radius 2 is 1.04 bits per heavy atom. The molecule has 5 heterocycles. The van der Waals surface area contributed by atoms with Crippen LogP contribution in [0.3, 0.4) is 0 Å². The first kappa shape index (κ1) is 15.9. The van der Waals surface area contributed by atoms with E-state index in [-0.39, 0.29) is 16.5 Å². The summed E-state index contributed by atoms with van der Waals surface area (Å²) in [4.78, 5) is 16.2. The van der Waals surface area contributed by atoms with Crippen molar-refractivity contribution in [2.45, 2.75) is 12.8 Å². The van der Waals surface area contributed by atoms with Crippen molar-refractivity contribution in [1.29, 1.82) is 0 Å². The van der Waals surface area contributed by atoms with Gasteiger partial charge in [-0.3, -0.25) is 4.98 Å². The summed E-state index contributed by atoms with van der Waals surface area (Å²) in [7, 11) is 0. The van der Waals surface area contributed by atoms with Gasteiger partial charge in [0.15, 0.2) is 0 Å². The van der Waals surface area contributed by atoms with Crippen LogP contribution in [0.5, 0.6) is 0 Å². The molecule has 5 heteroatoms. The Morgan fingerprint density at radius 3 is 1.52 bits per heavy atom. The SMILES string of the molecule is C1=Cc2cc3ccc(cc4nc(cc5ccc(cc1n2)[nH]5)CC4)[nH]3.[Ni]. The van der Waals surface area contributed by atoms with Crippen LogP contribution in [0, 0.1) is 0 Å². The monoisotopic (exact) mass is 370 g/mol. The Morgan fingerprint density at radius 1 is 0.600 bits per heavy atom. The van der Waals surface area contributed by atoms with Gasteiger partial charge in [-0.05, 0) is 73.5 Å². The van der Waals surface area contributed by atoms with Crippen LogP contribution >= 0.6 is 0 Å². The van der Waals surface area contributed by atoms with Crippen molar-refractivity contribution in [2.24, 2.45) is 0 Å². The molecular weight excluding hydrogens is 355 g/mol. The van der Waals surface area contributed by atoms with Crippen LogP contribution in [0.1, 0.15) is 22.8 Å². The summed E-state index contributed by atoms with van der Waals surface area (Å²) in [5, 5.41) is 0. The normalized spacial score (nSPS) is 12.8. The molecular formula is C20H16N4Ni. The summed E-state index contributed by atoms with van der Waals surface area (Å²) < 4.78 is 0. The first-order chi connectivity index (χ1) is 11.8. The van der Waals surface area contributed by atoms with Gasteiger partial charge in [-0.2, -0.15) is 0 Å². The van der Waals surface area contributed by atoms with Crippen LogP contribution < -0.4 is 0 Å². The fourth-order valence-corrected chi connectivity index (χ4v) is 3.19. The molecule has 0 amide bonds. The number of fused-ring (bicyclic) bond motifs is 8. The third-order valence-corrected chi connectivity index (χ3v) is 4.32. The van der Waals surface area contributed by atoms with Gasteiger partial charge in [0.2, 0.25) is 0 Å². The molecule has 0 atom stereocenters. The van der Waals surface area contributed by atoms with E-state index < -0.39 is 0 Å². The molecule has 3 aromatic heterocycles. The van der Waals surface area contributed by atoms with Crippen LogP contribution in [0.15, 0.2) is 48.5 Å². The minimum atomic E-state index is 0. The summed E-state index contributed by atoms with van der Waals surface area (Å²) in [6.07, 6.45) is 6.03. The Labute approximate surface area is 155 Å². The largest absolute Gasteiger partial charge is 0.355 e. The van der Waals surface area contributed by atoms with Crippen molar-refractivity contribution >= 4 is 34.2 Å². The quantitative estimate of drug-likeness (QED) is 0.454. The summed E-state index contributed by atoms with van der Waals surface area (Å²) in [6.45, 7) is 0. The van der Waals surface area contributed by atoms with Crippen molar-refractivity contribution in [3.63, 3.8) is 0 Å². The van der Waals surface area contributed by atoms with E-state index in [0.717, 1.165) is 57.7 Å². The van der Waals surface area contributed by atoms with Crippen molar-refractivity contribution in [3.8, 4) is 0 Å². The molecule has 8 bridgehead atoms. The molecule has 0 saturated heterocycles. The van der Waals surface area contributed by atoms with Crippen molar-refractivity contribution in [2.75, 3.05) is 0 Å². The van der Waals surface area contributed by atoms with Crippen LogP contribution in [-0.4, -0.2) is 19.9 Å². The number of H-pyrrole nitrogens is 2. The van der Waals surface area contributed by atoms with Gasteiger partial charge in [-0.25, -0.2) is 4.98 Å². The number of hydrogen-bond acceptors (Lipinski definition) is 2. The first-order valence-electron chi connectivity index (χ1n) is 8.14. The zero-order valence-electron chi connectivity index (χ0n) is 13.4. The van der Waals surface area contributed by atoms with E-state index >= 15 is 0 Å². The number of aromatic amines is 2. The van der Waals surface area contributed by atoms with E-state index in [1.165, 1.54) is 0 Å². The van der Waals surface area contributed by atoms with Crippen molar-refractivity contribution in [1.82, 2.24) is 19.9 Å². The smallest absolute Gasteiger partial charge is 0.0658 e. The van der Waals surface area contributed by atoms with E-state index in [1.807, 2.05) is 12.2 Å². The standard InChI is InChI=1S/C20H16N4.Ni/c1-2-14-10-16-5-6-18(23-16)12-20-8-7-19(24-20)11-17-4-3-15(22-17)9-13(1)21-14;/h1-6,9-12,22-23H,7-8H2;. The second kappa shape index (κ2) is 6.34. The van der Waals surface area contributed by atoms with Gasteiger partial charge in [-0.15, -0.1) is 0 Å². The molecule has 0 saturated carbocycles. The molecule has 0 aliphatic carbocycles. The van der Waals surface area contributed by atoms with Crippen molar-refractivity contribution < 1.29 is 16.5 Å². The molecule has 4 nitrogen and oxygen atoms in total. The molecule has 2 aliphatic rings. The fourth-order valence-electron chi connectivity index (χ4n) is 3.19. The molecule has 5 rings (SSSR count). The minimum absolute atomic E-state index is 0. The predicted octanol–water partition coefficient (Wildman–Crippen LogP) is 4.27. The zero-order valence-corrected chi connectivity index (χ0v) is 14.4. The number of nitrogens with one attached hydrogen (secondary N) is 2. The number of hydrogen-bond donors (Lipinski definition) is 2. The van der Waals surface area contributed by atoms with E-state index in [4.69, 9.17) is 4.98 Å². The van der Waals surface area contributed by atoms with E-state index in [2.05, 4.69) is 63.5 Å². The maximum Gasteiger partial charge on any atom is 0.0658 e. The molecule has 0 spiro atoms. The maximum atomic E-state index is 4.75. The average Bonchev–Trinajstić information content (AvgIpc) is 3.32. The summed E-state index contributed by atoms with van der Waals surface area (Å²) in [5.41, 5.74) is 8.40. The average molecular weight is 371 g/mol. The summed E-state index contributed by atoms with van der Waals surface area (Å²) in [5.74, 6) is 0. The van der Waals surface area contributed by atoms with Crippen LogP contribution in [-0.2, 0) is 29.3 Å². The summed E-state index contributed by atoms with van der Waals surface area (Å²) >= 11 is 0. The summed E-state index contributed by atoms with van der Waals surface area (Å²) in [6, 6.07) is 16.7. The Kier molecular flexibility index (Phi) is 4.02. The number of nitrogens with zero attached hydrogens (tertiary/aromatic N) is 2. The van der Waals surface area contributed by atoms with Gasteiger partial charge >= 0.3 is 0 Å². The van der Waals surface area contributed by atoms with Gasteiger partial charge in [0, 0.05) is 49.9 Å². The second-order valence-electron chi connectivity index (χ2n) is 6.20. The predicted molar refractivity (Wildman–Crippen MR) is 97.3 cm³/mol. The van der Waals surface area contributed by atoms with Crippen LogP contribution in [0.25, 0.3) is 34.2 Å². The molecule has 2 N–H and O–H groups in total. The Hall–Kier alpha value is -2.65. The zero-order chi connectivity index (χ0) is 15.9. The molecule has 126 valence electrons. The molecule has 2 aliphatic heterocycles. The molecule has 0 fully saturated rings. The van der Waals surface area contributed by atoms with Crippen molar-refractivity contribution in [3.05, 3.63) is 71.3 Å². The number of aryl methyl sites for hydroxylation is 2. The molecule has 0 unspecified atom stereocenters. The maximum absolute atomic E-state index is 4.75. The van der Waals surface area contributed by atoms with Gasteiger partial charge < -0.3 is 9.97 Å². The Balaban J connectivity index is 0.00000157. The molecule has 0 aromatic carbocycles. The minimum Gasteiger partial charge on any atom is -0.355 e. The second-order valence-corrected chi connectivity index (χ2v) is 6.20. The van der Waals surface area contributed by atoms with Gasteiger partial charge in [-0.1, -0.05) is 0 Å². The van der Waals surface area contributed by atoms with Gasteiger partial charge in [0.1, 0.15) is 0 Å². The number of rotatable bonds is 0. The number of aromatic nitrogens is 4. The molecule has 0 radical (unpaired) electrons. The van der Waals surface area contributed by atoms with Gasteiger partial charge in [0.05, 0.1) is 11.4 Å². The molecule has 3 aromatic rings. The molecule has 25 heavy (non-hydrogen) atoms. The van der Waals surface area contributed by atoms with Gasteiger partial charge in [0.25, 0.3) is 0 Å².